The molecule has 38 heavy (non-hydrogen) atoms. The van der Waals surface area contributed by atoms with E-state index in [9.17, 15) is 0 Å². The van der Waals surface area contributed by atoms with Crippen molar-refractivity contribution in [3.63, 3.8) is 0 Å². The molecule has 0 amide bonds. The molecule has 10 heteroatoms. The van der Waals surface area contributed by atoms with Gasteiger partial charge < -0.3 is 9.47 Å². The lowest BCUT2D eigenvalue weighted by atomic mass is 9.87. The highest BCUT2D eigenvalue weighted by molar-refractivity contribution is 9.10. The molecule has 0 spiro atoms. The molecule has 0 N–H and O–H groups in total. The third-order valence-corrected chi connectivity index (χ3v) is 12.3. The quantitative estimate of drug-likeness (QED) is 0.158. The fourth-order valence-corrected chi connectivity index (χ4v) is 7.86. The molecule has 0 unspecified atom stereocenters. The number of nitrogens with zero attached hydrogens (tertiary/aromatic N) is 4. The number of halogens is 2. The minimum Gasteiger partial charge on any atom is -0.361 e. The Kier molecular flexibility index (Phi) is 7.85. The van der Waals surface area contributed by atoms with E-state index >= 15 is 0 Å². The first-order chi connectivity index (χ1) is 17.7. The molecule has 0 saturated heterocycles. The summed E-state index contributed by atoms with van der Waals surface area (Å²) in [6.07, 6.45) is 3.39. The summed E-state index contributed by atoms with van der Waals surface area (Å²) in [6, 6.07) is 6.24. The van der Waals surface area contributed by atoms with Gasteiger partial charge in [-0.15, -0.1) is 0 Å². The van der Waals surface area contributed by atoms with Crippen LogP contribution in [-0.2, 0) is 35.8 Å². The van der Waals surface area contributed by atoms with Gasteiger partial charge in [0.15, 0.2) is 5.82 Å². The summed E-state index contributed by atoms with van der Waals surface area (Å²) >= 11 is 10.4. The van der Waals surface area contributed by atoms with Crippen LogP contribution in [0.5, 0.6) is 0 Å². The van der Waals surface area contributed by atoms with Gasteiger partial charge in [-0.05, 0) is 54.8 Å². The number of hydrogen-bond donors (Lipinski definition) is 0. The monoisotopic (exact) mass is 636 g/mol. The highest BCUT2D eigenvalue weighted by Crippen LogP contribution is 2.60. The topological polar surface area (TPSA) is 54.1 Å². The van der Waals surface area contributed by atoms with E-state index < -0.39 is 16.1 Å². The summed E-state index contributed by atoms with van der Waals surface area (Å²) in [7, 11) is -2.34. The Hall–Kier alpha value is -0.976. The third-order valence-electron chi connectivity index (χ3n) is 8.13. The minimum absolute atomic E-state index is 0.397. The summed E-state index contributed by atoms with van der Waals surface area (Å²) in [5.74, 6) is 1.57. The van der Waals surface area contributed by atoms with Crippen molar-refractivity contribution in [1.29, 1.82) is 0 Å². The van der Waals surface area contributed by atoms with Gasteiger partial charge in [0.1, 0.15) is 19.2 Å². The van der Waals surface area contributed by atoms with Gasteiger partial charge in [0.25, 0.3) is 0 Å². The van der Waals surface area contributed by atoms with Crippen molar-refractivity contribution in [3.8, 4) is 11.5 Å². The van der Waals surface area contributed by atoms with Crippen LogP contribution in [0.25, 0.3) is 22.6 Å². The van der Waals surface area contributed by atoms with Crippen LogP contribution < -0.4 is 0 Å². The Bertz CT molecular complexity index is 1340. The van der Waals surface area contributed by atoms with E-state index in [0.29, 0.717) is 23.9 Å². The van der Waals surface area contributed by atoms with E-state index in [1.165, 1.54) is 17.7 Å². The van der Waals surface area contributed by atoms with Crippen LogP contribution in [0.15, 0.2) is 16.6 Å². The number of rotatable bonds is 11. The zero-order valence-corrected chi connectivity index (χ0v) is 28.3. The molecule has 1 saturated carbocycles. The van der Waals surface area contributed by atoms with E-state index in [-0.39, 0.29) is 0 Å². The van der Waals surface area contributed by atoms with Crippen LogP contribution in [0.1, 0.15) is 24.6 Å². The average molecular weight is 638 g/mol. The zero-order chi connectivity index (χ0) is 27.5. The maximum atomic E-state index is 6.79. The molecule has 3 aromatic rings. The van der Waals surface area contributed by atoms with E-state index in [0.717, 1.165) is 71.1 Å². The van der Waals surface area contributed by atoms with E-state index in [1.807, 2.05) is 12.1 Å². The van der Waals surface area contributed by atoms with Crippen LogP contribution in [0.3, 0.4) is 0 Å². The Morgan fingerprint density at radius 3 is 2.37 bits per heavy atom. The first kappa shape index (κ1) is 28.5. The fraction of sp³-hybridized carbons (Fsp3) is 0.643. The molecule has 6 nitrogen and oxygen atoms in total. The molecule has 1 fully saturated rings. The number of imidazole rings is 1. The third kappa shape index (κ3) is 6.18. The Morgan fingerprint density at radius 1 is 1.05 bits per heavy atom. The number of ether oxygens (including phenoxy) is 2. The molecule has 2 heterocycles. The van der Waals surface area contributed by atoms with E-state index in [4.69, 9.17) is 31.2 Å². The van der Waals surface area contributed by atoms with Crippen molar-refractivity contribution in [2.24, 2.45) is 11.3 Å². The summed E-state index contributed by atoms with van der Waals surface area (Å²) in [6.45, 7) is 19.1. The van der Waals surface area contributed by atoms with Gasteiger partial charge in [-0.25, -0.2) is 9.67 Å². The Morgan fingerprint density at radius 2 is 1.71 bits per heavy atom. The standard InChI is InChI=1S/C28H42BrClN4O2Si2/c1-28-15-19(28)12-21-24(16-28)34(18-36-9-11-38(5,6)7)32-25(21)27-31-23-14-20(29)13-22(30)26(23)33(27)17-35-8-10-37(2,3)4/h13-14,19H,8-12,15-18H2,1-7H3/t19-,28-/m1/s1. The molecule has 0 radical (unpaired) electrons. The van der Waals surface area contributed by atoms with Crippen LogP contribution in [0.4, 0.5) is 0 Å². The van der Waals surface area contributed by atoms with Gasteiger partial charge in [-0.1, -0.05) is 73.7 Å². The second-order valence-electron chi connectivity index (χ2n) is 14.0. The summed E-state index contributed by atoms with van der Waals surface area (Å²) < 4.78 is 17.6. The fourth-order valence-electron chi connectivity index (χ4n) is 5.46. The van der Waals surface area contributed by atoms with Gasteiger partial charge >= 0.3 is 0 Å². The van der Waals surface area contributed by atoms with Crippen molar-refractivity contribution >= 4 is 54.7 Å². The van der Waals surface area contributed by atoms with Crippen LogP contribution in [0, 0.1) is 11.3 Å². The van der Waals surface area contributed by atoms with Crippen molar-refractivity contribution in [2.75, 3.05) is 13.2 Å². The van der Waals surface area contributed by atoms with Crippen molar-refractivity contribution in [2.45, 2.75) is 91.0 Å². The normalized spacial score (nSPS) is 21.1. The molecule has 0 bridgehead atoms. The minimum atomic E-state index is -1.19. The maximum Gasteiger partial charge on any atom is 0.163 e. The maximum absolute atomic E-state index is 6.79. The number of hydrogen-bond acceptors (Lipinski definition) is 4. The lowest BCUT2D eigenvalue weighted by Gasteiger charge is -2.20. The molecule has 2 aromatic heterocycles. The molecule has 208 valence electrons. The van der Waals surface area contributed by atoms with Crippen molar-refractivity contribution in [1.82, 2.24) is 19.3 Å². The van der Waals surface area contributed by atoms with Gasteiger partial charge in [-0.2, -0.15) is 5.10 Å². The molecule has 5 rings (SSSR count). The lowest BCUT2D eigenvalue weighted by molar-refractivity contribution is 0.0756. The zero-order valence-electron chi connectivity index (χ0n) is 24.0. The van der Waals surface area contributed by atoms with Gasteiger partial charge in [0.2, 0.25) is 0 Å². The van der Waals surface area contributed by atoms with Gasteiger partial charge in [-0.3, -0.25) is 4.57 Å². The second kappa shape index (κ2) is 10.5. The molecule has 2 aliphatic carbocycles. The van der Waals surface area contributed by atoms with Crippen LogP contribution in [-0.4, -0.2) is 48.7 Å². The first-order valence-electron chi connectivity index (χ1n) is 13.8. The molecule has 0 aliphatic heterocycles. The first-order valence-corrected chi connectivity index (χ1v) is 22.4. The summed E-state index contributed by atoms with van der Waals surface area (Å²) in [4.78, 5) is 5.10. The SMILES string of the molecule is C[C@@]12Cc3c(c(-c4nc5cc(Br)cc(Cl)c5n4COCC[Si](C)(C)C)nn3COCC[Si](C)(C)C)C[C@@H]1C2. The Balaban J connectivity index is 1.52. The van der Waals surface area contributed by atoms with Crippen molar-refractivity contribution < 1.29 is 9.47 Å². The summed E-state index contributed by atoms with van der Waals surface area (Å²) in [5, 5.41) is 5.84. The predicted octanol–water partition coefficient (Wildman–Crippen LogP) is 8.07. The van der Waals surface area contributed by atoms with E-state index in [1.54, 1.807) is 0 Å². The average Bonchev–Trinajstić information content (AvgIpc) is 3.14. The highest BCUT2D eigenvalue weighted by atomic mass is 79.9. The number of fused-ring (bicyclic) bond motifs is 3. The molecular formula is C28H42BrClN4O2Si2. The van der Waals surface area contributed by atoms with Gasteiger partial charge in [0, 0.05) is 45.1 Å². The second-order valence-corrected chi connectivity index (χ2v) is 26.6. The molecule has 2 aliphatic rings. The summed E-state index contributed by atoms with van der Waals surface area (Å²) in [5.41, 5.74) is 5.76. The molecule has 2 atom stereocenters. The Labute approximate surface area is 242 Å². The van der Waals surface area contributed by atoms with Crippen LogP contribution >= 0.6 is 27.5 Å². The smallest absolute Gasteiger partial charge is 0.163 e. The van der Waals surface area contributed by atoms with Crippen LogP contribution in [0.2, 0.25) is 56.4 Å². The molecular weight excluding hydrogens is 596 g/mol. The van der Waals surface area contributed by atoms with E-state index in [2.05, 4.69) is 71.4 Å². The predicted molar refractivity (Wildman–Crippen MR) is 165 cm³/mol. The lowest BCUT2D eigenvalue weighted by Crippen LogP contribution is -2.23. The number of aromatic nitrogens is 4. The number of benzene rings is 1. The van der Waals surface area contributed by atoms with Gasteiger partial charge in [0.05, 0.1) is 16.1 Å². The van der Waals surface area contributed by atoms with Crippen molar-refractivity contribution in [3.05, 3.63) is 32.9 Å². The molecule has 1 aromatic carbocycles. The highest BCUT2D eigenvalue weighted by Gasteiger charge is 2.54. The largest absolute Gasteiger partial charge is 0.361 e.